The third-order valence-corrected chi connectivity index (χ3v) is 3.75. The molecule has 0 saturated carbocycles. The van der Waals surface area contributed by atoms with Gasteiger partial charge in [0.25, 0.3) is 12.3 Å². The molecule has 1 heterocycles. The predicted molar refractivity (Wildman–Crippen MR) is 69.1 cm³/mol. The Labute approximate surface area is 124 Å². The topological polar surface area (TPSA) is 77.8 Å². The second-order valence-electron chi connectivity index (χ2n) is 5.17. The van der Waals surface area contributed by atoms with E-state index in [9.17, 15) is 27.9 Å². The number of aliphatic carboxylic acids is 1. The van der Waals surface area contributed by atoms with Crippen LogP contribution >= 0.6 is 0 Å². The number of carboxylic acids is 1. The van der Waals surface area contributed by atoms with Gasteiger partial charge in [-0.15, -0.1) is 0 Å². The molecule has 2 rings (SSSR count). The SMILES string of the molecule is O=C(c1ccc(C(F)F)cc1F)N1CCC(O)(C(=O)O)CC1. The van der Waals surface area contributed by atoms with Crippen molar-refractivity contribution in [2.24, 2.45) is 0 Å². The van der Waals surface area contributed by atoms with Crippen LogP contribution in [0.3, 0.4) is 0 Å². The summed E-state index contributed by atoms with van der Waals surface area (Å²) >= 11 is 0. The van der Waals surface area contributed by atoms with E-state index < -0.39 is 35.3 Å². The van der Waals surface area contributed by atoms with Crippen molar-refractivity contribution in [1.82, 2.24) is 4.90 Å². The molecule has 1 amide bonds. The van der Waals surface area contributed by atoms with Gasteiger partial charge in [-0.1, -0.05) is 6.07 Å². The molecular weight excluding hydrogens is 303 g/mol. The molecule has 0 bridgehead atoms. The molecule has 0 radical (unpaired) electrons. The van der Waals surface area contributed by atoms with E-state index in [0.717, 1.165) is 12.1 Å². The molecule has 0 spiro atoms. The molecule has 0 atom stereocenters. The van der Waals surface area contributed by atoms with Gasteiger partial charge in [0, 0.05) is 31.5 Å². The molecule has 2 N–H and O–H groups in total. The first-order chi connectivity index (χ1) is 10.2. The second kappa shape index (κ2) is 5.96. The van der Waals surface area contributed by atoms with Crippen molar-refractivity contribution in [2.75, 3.05) is 13.1 Å². The lowest BCUT2D eigenvalue weighted by Gasteiger charge is -2.35. The standard InChI is InChI=1S/C14H14F3NO4/c15-10-7-8(11(16)17)1-2-9(10)12(19)18-5-3-14(22,4-6-18)13(20)21/h1-2,7,11,22H,3-6H2,(H,20,21). The molecule has 1 aromatic rings. The minimum atomic E-state index is -2.83. The summed E-state index contributed by atoms with van der Waals surface area (Å²) in [5.41, 5.74) is -2.77. The number of nitrogens with zero attached hydrogens (tertiary/aromatic N) is 1. The van der Waals surface area contributed by atoms with Gasteiger partial charge >= 0.3 is 5.97 Å². The summed E-state index contributed by atoms with van der Waals surface area (Å²) in [6.45, 7) is -0.116. The lowest BCUT2D eigenvalue weighted by Crippen LogP contribution is -2.50. The average Bonchev–Trinajstić information content (AvgIpc) is 2.47. The van der Waals surface area contributed by atoms with Crippen LogP contribution in [-0.4, -0.2) is 45.7 Å². The number of carbonyl (C=O) groups is 2. The first-order valence-electron chi connectivity index (χ1n) is 6.57. The number of benzene rings is 1. The van der Waals surface area contributed by atoms with Crippen LogP contribution < -0.4 is 0 Å². The first-order valence-corrected chi connectivity index (χ1v) is 6.57. The zero-order valence-electron chi connectivity index (χ0n) is 11.4. The molecule has 5 nitrogen and oxygen atoms in total. The zero-order valence-corrected chi connectivity index (χ0v) is 11.4. The van der Waals surface area contributed by atoms with Gasteiger partial charge in [-0.2, -0.15) is 0 Å². The van der Waals surface area contributed by atoms with E-state index >= 15 is 0 Å². The number of halogens is 3. The Balaban J connectivity index is 2.12. The monoisotopic (exact) mass is 317 g/mol. The van der Waals surface area contributed by atoms with Crippen LogP contribution in [0.4, 0.5) is 13.2 Å². The predicted octanol–water partition coefficient (Wildman–Crippen LogP) is 1.81. The molecule has 0 aliphatic carbocycles. The Bertz CT molecular complexity index is 598. The van der Waals surface area contributed by atoms with Crippen molar-refractivity contribution >= 4 is 11.9 Å². The fraction of sp³-hybridized carbons (Fsp3) is 0.429. The summed E-state index contributed by atoms with van der Waals surface area (Å²) in [5.74, 6) is -3.14. The number of alkyl halides is 2. The normalized spacial score (nSPS) is 17.6. The summed E-state index contributed by atoms with van der Waals surface area (Å²) in [6, 6.07) is 2.56. The summed E-state index contributed by atoms with van der Waals surface area (Å²) in [6.07, 6.45) is -3.19. The van der Waals surface area contributed by atoms with Crippen LogP contribution in [0.15, 0.2) is 18.2 Å². The Morgan fingerprint density at radius 2 is 1.82 bits per heavy atom. The van der Waals surface area contributed by atoms with E-state index in [0.29, 0.717) is 6.07 Å². The summed E-state index contributed by atoms with van der Waals surface area (Å²) < 4.78 is 38.7. The van der Waals surface area contributed by atoms with Gasteiger partial charge in [0.2, 0.25) is 0 Å². The molecule has 1 aliphatic rings. The van der Waals surface area contributed by atoms with Crippen LogP contribution in [0.1, 0.15) is 35.2 Å². The molecule has 22 heavy (non-hydrogen) atoms. The third-order valence-electron chi connectivity index (χ3n) is 3.75. The van der Waals surface area contributed by atoms with Crippen LogP contribution in [0.2, 0.25) is 0 Å². The van der Waals surface area contributed by atoms with Crippen molar-refractivity contribution < 1.29 is 33.0 Å². The molecular formula is C14H14F3NO4. The molecule has 1 fully saturated rings. The van der Waals surface area contributed by atoms with E-state index in [1.807, 2.05) is 0 Å². The van der Waals surface area contributed by atoms with Crippen molar-refractivity contribution in [3.8, 4) is 0 Å². The average molecular weight is 317 g/mol. The number of amides is 1. The maximum atomic E-state index is 13.8. The van der Waals surface area contributed by atoms with E-state index in [1.165, 1.54) is 4.90 Å². The molecule has 8 heteroatoms. The Hall–Kier alpha value is -2.09. The Morgan fingerprint density at radius 3 is 2.27 bits per heavy atom. The quantitative estimate of drug-likeness (QED) is 0.891. The molecule has 1 saturated heterocycles. The van der Waals surface area contributed by atoms with E-state index in [1.54, 1.807) is 0 Å². The van der Waals surface area contributed by atoms with Gasteiger partial charge < -0.3 is 15.1 Å². The lowest BCUT2D eigenvalue weighted by molar-refractivity contribution is -0.162. The highest BCUT2D eigenvalue weighted by Crippen LogP contribution is 2.25. The van der Waals surface area contributed by atoms with Gasteiger partial charge in [-0.25, -0.2) is 18.0 Å². The number of hydrogen-bond acceptors (Lipinski definition) is 3. The smallest absolute Gasteiger partial charge is 0.335 e. The number of piperidine rings is 1. The molecule has 0 aromatic heterocycles. The van der Waals surface area contributed by atoms with Crippen LogP contribution in [0.5, 0.6) is 0 Å². The minimum Gasteiger partial charge on any atom is -0.479 e. The number of likely N-dealkylation sites (tertiary alicyclic amines) is 1. The van der Waals surface area contributed by atoms with E-state index in [-0.39, 0.29) is 31.5 Å². The van der Waals surface area contributed by atoms with Crippen LogP contribution in [-0.2, 0) is 4.79 Å². The Kier molecular flexibility index (Phi) is 4.41. The maximum absolute atomic E-state index is 13.8. The lowest BCUT2D eigenvalue weighted by atomic mass is 9.91. The first kappa shape index (κ1) is 16.3. The van der Waals surface area contributed by atoms with E-state index in [2.05, 4.69) is 0 Å². The minimum absolute atomic E-state index is 0.0579. The summed E-state index contributed by atoms with van der Waals surface area (Å²) in [7, 11) is 0. The molecule has 0 unspecified atom stereocenters. The number of aliphatic hydroxyl groups is 1. The van der Waals surface area contributed by atoms with Crippen LogP contribution in [0, 0.1) is 5.82 Å². The van der Waals surface area contributed by atoms with Crippen molar-refractivity contribution in [1.29, 1.82) is 0 Å². The highest BCUT2D eigenvalue weighted by Gasteiger charge is 2.40. The highest BCUT2D eigenvalue weighted by molar-refractivity contribution is 5.94. The van der Waals surface area contributed by atoms with Gasteiger partial charge in [0.05, 0.1) is 5.56 Å². The van der Waals surface area contributed by atoms with Gasteiger partial charge in [0.1, 0.15) is 5.82 Å². The fourth-order valence-corrected chi connectivity index (χ4v) is 2.30. The third kappa shape index (κ3) is 3.06. The number of rotatable bonds is 3. The van der Waals surface area contributed by atoms with Crippen LogP contribution in [0.25, 0.3) is 0 Å². The molecule has 1 aliphatic heterocycles. The summed E-state index contributed by atoms with van der Waals surface area (Å²) in [4.78, 5) is 24.2. The van der Waals surface area contributed by atoms with Crippen molar-refractivity contribution in [3.05, 3.63) is 35.1 Å². The largest absolute Gasteiger partial charge is 0.479 e. The van der Waals surface area contributed by atoms with Crippen molar-refractivity contribution in [2.45, 2.75) is 24.9 Å². The van der Waals surface area contributed by atoms with Gasteiger partial charge in [0.15, 0.2) is 5.60 Å². The van der Waals surface area contributed by atoms with E-state index in [4.69, 9.17) is 5.11 Å². The molecule has 120 valence electrons. The highest BCUT2D eigenvalue weighted by atomic mass is 19.3. The number of hydrogen-bond donors (Lipinski definition) is 2. The zero-order chi connectivity index (χ0) is 16.5. The van der Waals surface area contributed by atoms with Gasteiger partial charge in [-0.05, 0) is 12.1 Å². The van der Waals surface area contributed by atoms with Gasteiger partial charge in [-0.3, -0.25) is 4.79 Å². The second-order valence-corrected chi connectivity index (χ2v) is 5.17. The summed E-state index contributed by atoms with van der Waals surface area (Å²) in [5, 5.41) is 18.7. The maximum Gasteiger partial charge on any atom is 0.335 e. The fourth-order valence-electron chi connectivity index (χ4n) is 2.30. The van der Waals surface area contributed by atoms with Crippen molar-refractivity contribution in [3.63, 3.8) is 0 Å². The Morgan fingerprint density at radius 1 is 1.23 bits per heavy atom. The number of carboxylic acid groups (broad SMARTS) is 1. The molecule has 1 aromatic carbocycles. The number of carbonyl (C=O) groups excluding carboxylic acids is 1.